The van der Waals surface area contributed by atoms with E-state index in [-0.39, 0.29) is 29.5 Å². The summed E-state index contributed by atoms with van der Waals surface area (Å²) in [7, 11) is -1.88. The fourth-order valence-electron chi connectivity index (χ4n) is 3.10. The Kier molecular flexibility index (Phi) is 5.89. The summed E-state index contributed by atoms with van der Waals surface area (Å²) in [4.78, 5) is 25.1. The first-order valence-corrected chi connectivity index (χ1v) is 9.85. The van der Waals surface area contributed by atoms with Gasteiger partial charge in [0.15, 0.2) is 0 Å². The van der Waals surface area contributed by atoms with Crippen LogP contribution in [0.15, 0.2) is 10.5 Å². The molecule has 0 spiro atoms. The van der Waals surface area contributed by atoms with Crippen LogP contribution in [0.5, 0.6) is 0 Å². The van der Waals surface area contributed by atoms with Gasteiger partial charge in [0.1, 0.15) is 23.1 Å². The fourth-order valence-corrected chi connectivity index (χ4v) is 4.84. The third kappa shape index (κ3) is 4.21. The van der Waals surface area contributed by atoms with Crippen LogP contribution >= 0.6 is 0 Å². The molecular formula is C16H24N2O6S. The number of carbonyl (C=O) groups is 2. The molecule has 0 bridgehead atoms. The highest BCUT2D eigenvalue weighted by molar-refractivity contribution is 7.89. The van der Waals surface area contributed by atoms with E-state index in [1.807, 2.05) is 0 Å². The van der Waals surface area contributed by atoms with E-state index in [0.717, 1.165) is 0 Å². The first-order chi connectivity index (χ1) is 11.7. The minimum atomic E-state index is -3.44. The molecule has 0 radical (unpaired) electrons. The summed E-state index contributed by atoms with van der Waals surface area (Å²) < 4.78 is 31.3. The first-order valence-electron chi connectivity index (χ1n) is 8.24. The van der Waals surface area contributed by atoms with Crippen molar-refractivity contribution >= 4 is 21.9 Å². The van der Waals surface area contributed by atoms with Crippen LogP contribution in [0.1, 0.15) is 48.1 Å². The smallest absolute Gasteiger partial charge is 0.339 e. The van der Waals surface area contributed by atoms with Crippen molar-refractivity contribution in [1.82, 2.24) is 9.21 Å². The number of rotatable bonds is 7. The zero-order chi connectivity index (χ0) is 18.8. The molecule has 1 aliphatic rings. The van der Waals surface area contributed by atoms with Crippen molar-refractivity contribution in [2.24, 2.45) is 0 Å². The van der Waals surface area contributed by atoms with Crippen LogP contribution < -0.4 is 0 Å². The van der Waals surface area contributed by atoms with Crippen LogP contribution in [0.4, 0.5) is 0 Å². The number of hydrogen-bond donors (Lipinski definition) is 1. The maximum Gasteiger partial charge on any atom is 0.339 e. The highest BCUT2D eigenvalue weighted by Gasteiger charge is 2.39. The van der Waals surface area contributed by atoms with Gasteiger partial charge in [0.05, 0.1) is 12.3 Å². The lowest BCUT2D eigenvalue weighted by Gasteiger charge is -2.27. The van der Waals surface area contributed by atoms with Crippen molar-refractivity contribution in [3.8, 4) is 0 Å². The van der Waals surface area contributed by atoms with E-state index in [4.69, 9.17) is 9.52 Å². The molecule has 140 valence electrons. The largest absolute Gasteiger partial charge is 0.478 e. The van der Waals surface area contributed by atoms with Gasteiger partial charge in [0.2, 0.25) is 15.9 Å². The Morgan fingerprint density at radius 2 is 2.12 bits per heavy atom. The van der Waals surface area contributed by atoms with Gasteiger partial charge in [-0.15, -0.1) is 0 Å². The van der Waals surface area contributed by atoms with Crippen LogP contribution in [0, 0.1) is 6.92 Å². The third-order valence-corrected chi connectivity index (χ3v) is 6.35. The van der Waals surface area contributed by atoms with Crippen LogP contribution in [0.2, 0.25) is 0 Å². The van der Waals surface area contributed by atoms with E-state index < -0.39 is 22.0 Å². The minimum Gasteiger partial charge on any atom is -0.478 e. The van der Waals surface area contributed by atoms with Crippen molar-refractivity contribution in [2.45, 2.75) is 45.7 Å². The van der Waals surface area contributed by atoms with Gasteiger partial charge in [0.25, 0.3) is 0 Å². The summed E-state index contributed by atoms with van der Waals surface area (Å²) in [6.07, 6.45) is 1.64. The van der Waals surface area contributed by atoms with Gasteiger partial charge in [-0.05, 0) is 32.3 Å². The Hall–Kier alpha value is -1.87. The summed E-state index contributed by atoms with van der Waals surface area (Å²) in [6, 6.07) is 0.693. The molecule has 1 fully saturated rings. The molecule has 1 atom stereocenters. The van der Waals surface area contributed by atoms with Gasteiger partial charge in [-0.1, -0.05) is 6.92 Å². The molecule has 1 aromatic rings. The van der Waals surface area contributed by atoms with Gasteiger partial charge in [-0.3, -0.25) is 4.79 Å². The predicted octanol–water partition coefficient (Wildman–Crippen LogP) is 1.45. The zero-order valence-corrected chi connectivity index (χ0v) is 15.5. The number of furan rings is 1. The SMILES string of the molecule is CCCS(=O)(=O)N1CCCC1C(=O)N(C)Cc1cc(C(=O)O)c(C)o1. The molecule has 1 amide bonds. The van der Waals surface area contributed by atoms with E-state index >= 15 is 0 Å². The monoisotopic (exact) mass is 372 g/mol. The number of nitrogens with zero attached hydrogens (tertiary/aromatic N) is 2. The first kappa shape index (κ1) is 19.5. The van der Waals surface area contributed by atoms with E-state index in [1.165, 1.54) is 15.3 Å². The van der Waals surface area contributed by atoms with E-state index in [0.29, 0.717) is 31.6 Å². The highest BCUT2D eigenvalue weighted by Crippen LogP contribution is 2.24. The number of carboxylic acids is 1. The van der Waals surface area contributed by atoms with Crippen molar-refractivity contribution in [3.63, 3.8) is 0 Å². The maximum atomic E-state index is 12.7. The summed E-state index contributed by atoms with van der Waals surface area (Å²) >= 11 is 0. The summed E-state index contributed by atoms with van der Waals surface area (Å²) in [5.74, 6) is -0.736. The molecule has 1 N–H and O–H groups in total. The van der Waals surface area contributed by atoms with E-state index in [9.17, 15) is 18.0 Å². The van der Waals surface area contributed by atoms with Crippen LogP contribution in [-0.4, -0.2) is 60.0 Å². The average Bonchev–Trinajstić information content (AvgIpc) is 3.13. The molecule has 2 rings (SSSR count). The fraction of sp³-hybridized carbons (Fsp3) is 0.625. The number of carbonyl (C=O) groups excluding carboxylic acids is 1. The molecule has 0 aromatic carbocycles. The highest BCUT2D eigenvalue weighted by atomic mass is 32.2. The molecule has 9 heteroatoms. The second kappa shape index (κ2) is 7.57. The van der Waals surface area contributed by atoms with Gasteiger partial charge >= 0.3 is 5.97 Å². The van der Waals surface area contributed by atoms with Crippen LogP contribution in [0.3, 0.4) is 0 Å². The molecule has 8 nitrogen and oxygen atoms in total. The Balaban J connectivity index is 2.11. The second-order valence-corrected chi connectivity index (χ2v) is 8.31. The maximum absolute atomic E-state index is 12.7. The number of hydrogen-bond acceptors (Lipinski definition) is 5. The number of aryl methyl sites for hydroxylation is 1. The van der Waals surface area contributed by atoms with E-state index in [1.54, 1.807) is 20.9 Å². The predicted molar refractivity (Wildman–Crippen MR) is 90.7 cm³/mol. The molecule has 0 aliphatic carbocycles. The van der Waals surface area contributed by atoms with Crippen LogP contribution in [-0.2, 0) is 21.4 Å². The van der Waals surface area contributed by atoms with Gasteiger partial charge in [-0.25, -0.2) is 13.2 Å². The Morgan fingerprint density at radius 1 is 1.44 bits per heavy atom. The minimum absolute atomic E-state index is 0.0276. The lowest BCUT2D eigenvalue weighted by Crippen LogP contribution is -2.46. The number of sulfonamides is 1. The standard InChI is InChI=1S/C16H24N2O6S/c1-4-8-25(22,23)18-7-5-6-14(18)15(19)17(3)10-12-9-13(16(20)21)11(2)24-12/h9,14H,4-8,10H2,1-3H3,(H,20,21). The zero-order valence-electron chi connectivity index (χ0n) is 14.7. The Labute approximate surface area is 147 Å². The Morgan fingerprint density at radius 3 is 2.68 bits per heavy atom. The third-order valence-electron chi connectivity index (χ3n) is 4.28. The topological polar surface area (TPSA) is 108 Å². The number of aromatic carboxylic acids is 1. The molecule has 2 heterocycles. The normalized spacial score (nSPS) is 18.4. The van der Waals surface area contributed by atoms with Gasteiger partial charge < -0.3 is 14.4 Å². The molecule has 1 aliphatic heterocycles. The Bertz CT molecular complexity index is 755. The van der Waals surface area contributed by atoms with Crippen molar-refractivity contribution in [3.05, 3.63) is 23.2 Å². The summed E-state index contributed by atoms with van der Waals surface area (Å²) in [5, 5.41) is 9.06. The number of likely N-dealkylation sites (N-methyl/N-ethyl adjacent to an activating group) is 1. The average molecular weight is 372 g/mol. The van der Waals surface area contributed by atoms with Gasteiger partial charge in [0, 0.05) is 13.6 Å². The lowest BCUT2D eigenvalue weighted by molar-refractivity contribution is -0.134. The van der Waals surface area contributed by atoms with Crippen molar-refractivity contribution < 1.29 is 27.5 Å². The van der Waals surface area contributed by atoms with E-state index in [2.05, 4.69) is 0 Å². The lowest BCUT2D eigenvalue weighted by atomic mass is 10.2. The van der Waals surface area contributed by atoms with Crippen molar-refractivity contribution in [2.75, 3.05) is 19.3 Å². The molecule has 1 aromatic heterocycles. The summed E-state index contributed by atoms with van der Waals surface area (Å²) in [5.41, 5.74) is 0.0591. The second-order valence-electron chi connectivity index (χ2n) is 6.27. The number of carboxylic acid groups (broad SMARTS) is 1. The molecule has 25 heavy (non-hydrogen) atoms. The quantitative estimate of drug-likeness (QED) is 0.776. The van der Waals surface area contributed by atoms with Gasteiger partial charge in [-0.2, -0.15) is 4.31 Å². The van der Waals surface area contributed by atoms with Crippen LogP contribution in [0.25, 0.3) is 0 Å². The molecule has 1 unspecified atom stereocenters. The number of amides is 1. The molecule has 0 saturated carbocycles. The van der Waals surface area contributed by atoms with Crippen molar-refractivity contribution in [1.29, 1.82) is 0 Å². The molecule has 1 saturated heterocycles. The summed E-state index contributed by atoms with van der Waals surface area (Å²) in [6.45, 7) is 3.78. The molecular weight excluding hydrogens is 348 g/mol.